The van der Waals surface area contributed by atoms with E-state index in [2.05, 4.69) is 9.97 Å². The van der Waals surface area contributed by atoms with Crippen LogP contribution in [0.4, 0.5) is 10.2 Å². The fourth-order valence-electron chi connectivity index (χ4n) is 1.50. The molecule has 0 aliphatic heterocycles. The number of hydrogen-bond acceptors (Lipinski definition) is 5. The molecule has 1 aromatic carbocycles. The van der Waals surface area contributed by atoms with Gasteiger partial charge in [0.2, 0.25) is 0 Å². The van der Waals surface area contributed by atoms with Crippen LogP contribution in [0.25, 0.3) is 11.4 Å². The van der Waals surface area contributed by atoms with Gasteiger partial charge in [-0.15, -0.1) is 0 Å². The quantitative estimate of drug-likeness (QED) is 0.855. The van der Waals surface area contributed by atoms with Gasteiger partial charge in [-0.25, -0.2) is 19.2 Å². The molecule has 0 saturated heterocycles. The molecule has 6 heteroatoms. The van der Waals surface area contributed by atoms with Gasteiger partial charge in [0.15, 0.2) is 5.82 Å². The van der Waals surface area contributed by atoms with Gasteiger partial charge in [0.05, 0.1) is 6.61 Å². The van der Waals surface area contributed by atoms with Crippen molar-refractivity contribution in [1.29, 1.82) is 0 Å². The summed E-state index contributed by atoms with van der Waals surface area (Å²) in [6.07, 6.45) is 1.30. The molecule has 98 valence electrons. The van der Waals surface area contributed by atoms with Crippen molar-refractivity contribution in [1.82, 2.24) is 9.97 Å². The van der Waals surface area contributed by atoms with Crippen LogP contribution in [0.5, 0.6) is 0 Å². The maximum absolute atomic E-state index is 12.8. The highest BCUT2D eigenvalue weighted by Gasteiger charge is 2.14. The molecule has 1 heterocycles. The van der Waals surface area contributed by atoms with E-state index in [1.54, 1.807) is 6.92 Å². The predicted octanol–water partition coefficient (Wildman–Crippen LogP) is 2.04. The number of esters is 1. The molecule has 0 saturated carbocycles. The van der Waals surface area contributed by atoms with Gasteiger partial charge in [-0.05, 0) is 31.2 Å². The summed E-state index contributed by atoms with van der Waals surface area (Å²) >= 11 is 0. The number of anilines is 1. The molecule has 5 nitrogen and oxygen atoms in total. The van der Waals surface area contributed by atoms with Crippen molar-refractivity contribution in [3.63, 3.8) is 0 Å². The molecule has 0 spiro atoms. The van der Waals surface area contributed by atoms with E-state index in [9.17, 15) is 9.18 Å². The van der Waals surface area contributed by atoms with Gasteiger partial charge >= 0.3 is 5.97 Å². The van der Waals surface area contributed by atoms with Crippen molar-refractivity contribution in [2.45, 2.75) is 6.92 Å². The SMILES string of the molecule is CCOC(=O)c1cnc(-c2ccc(F)cc2)nc1N. The van der Waals surface area contributed by atoms with Gasteiger partial charge in [0.1, 0.15) is 17.2 Å². The first-order valence-electron chi connectivity index (χ1n) is 5.67. The Morgan fingerprint density at radius 3 is 2.63 bits per heavy atom. The molecule has 0 amide bonds. The molecule has 2 aromatic rings. The van der Waals surface area contributed by atoms with Crippen molar-refractivity contribution in [2.75, 3.05) is 12.3 Å². The number of rotatable bonds is 3. The third-order valence-corrected chi connectivity index (χ3v) is 2.42. The van der Waals surface area contributed by atoms with Crippen LogP contribution in [-0.4, -0.2) is 22.5 Å². The maximum Gasteiger partial charge on any atom is 0.343 e. The van der Waals surface area contributed by atoms with Gasteiger partial charge in [-0.3, -0.25) is 0 Å². The van der Waals surface area contributed by atoms with E-state index in [1.165, 1.54) is 30.5 Å². The Balaban J connectivity index is 2.33. The highest BCUT2D eigenvalue weighted by Crippen LogP contribution is 2.18. The van der Waals surface area contributed by atoms with Gasteiger partial charge in [0.25, 0.3) is 0 Å². The first kappa shape index (κ1) is 12.9. The Hall–Kier alpha value is -2.50. The third-order valence-electron chi connectivity index (χ3n) is 2.42. The van der Waals surface area contributed by atoms with Crippen molar-refractivity contribution in [2.24, 2.45) is 0 Å². The number of nitrogen functional groups attached to an aromatic ring is 1. The second-order valence-electron chi connectivity index (χ2n) is 3.72. The van der Waals surface area contributed by atoms with Gasteiger partial charge in [-0.2, -0.15) is 0 Å². The average Bonchev–Trinajstić information content (AvgIpc) is 2.39. The second kappa shape index (κ2) is 5.43. The Bertz CT molecular complexity index is 599. The van der Waals surface area contributed by atoms with Crippen LogP contribution in [0.1, 0.15) is 17.3 Å². The molecule has 2 N–H and O–H groups in total. The van der Waals surface area contributed by atoms with Crippen LogP contribution in [0.15, 0.2) is 30.5 Å². The fraction of sp³-hybridized carbons (Fsp3) is 0.154. The zero-order valence-corrected chi connectivity index (χ0v) is 10.3. The first-order chi connectivity index (χ1) is 9.11. The Morgan fingerprint density at radius 2 is 2.05 bits per heavy atom. The summed E-state index contributed by atoms with van der Waals surface area (Å²) in [5, 5.41) is 0. The molecule has 0 bridgehead atoms. The molecule has 0 aliphatic carbocycles. The minimum Gasteiger partial charge on any atom is -0.462 e. The molecule has 0 aliphatic rings. The van der Waals surface area contributed by atoms with Gasteiger partial charge in [-0.1, -0.05) is 0 Å². The molecule has 19 heavy (non-hydrogen) atoms. The van der Waals surface area contributed by atoms with Gasteiger partial charge < -0.3 is 10.5 Å². The van der Waals surface area contributed by atoms with Crippen molar-refractivity contribution in [3.8, 4) is 11.4 Å². The predicted molar refractivity (Wildman–Crippen MR) is 67.8 cm³/mol. The van der Waals surface area contributed by atoms with E-state index in [1.807, 2.05) is 0 Å². The summed E-state index contributed by atoms with van der Waals surface area (Å²) in [7, 11) is 0. The van der Waals surface area contributed by atoms with Crippen molar-refractivity contribution < 1.29 is 13.9 Å². The fourth-order valence-corrected chi connectivity index (χ4v) is 1.50. The highest BCUT2D eigenvalue weighted by atomic mass is 19.1. The lowest BCUT2D eigenvalue weighted by molar-refractivity contribution is 0.0527. The van der Waals surface area contributed by atoms with Crippen LogP contribution in [0.2, 0.25) is 0 Å². The van der Waals surface area contributed by atoms with E-state index in [4.69, 9.17) is 10.5 Å². The van der Waals surface area contributed by atoms with Gasteiger partial charge in [0, 0.05) is 11.8 Å². The average molecular weight is 261 g/mol. The van der Waals surface area contributed by atoms with Crippen LogP contribution in [0, 0.1) is 5.82 Å². The number of nitrogens with zero attached hydrogens (tertiary/aromatic N) is 2. The standard InChI is InChI=1S/C13H12FN3O2/c1-2-19-13(18)10-7-16-12(17-11(10)15)8-3-5-9(14)6-4-8/h3-7H,2H2,1H3,(H2,15,16,17). The normalized spacial score (nSPS) is 10.2. The monoisotopic (exact) mass is 261 g/mol. The number of aromatic nitrogens is 2. The largest absolute Gasteiger partial charge is 0.462 e. The number of ether oxygens (including phenoxy) is 1. The number of nitrogens with two attached hydrogens (primary N) is 1. The Labute approximate surface area is 109 Å². The summed E-state index contributed by atoms with van der Waals surface area (Å²) in [4.78, 5) is 19.6. The summed E-state index contributed by atoms with van der Waals surface area (Å²) in [6.45, 7) is 1.94. The summed E-state index contributed by atoms with van der Waals surface area (Å²) in [6, 6.07) is 5.67. The lowest BCUT2D eigenvalue weighted by Gasteiger charge is -2.06. The number of carbonyl (C=O) groups excluding carboxylic acids is 1. The topological polar surface area (TPSA) is 78.1 Å². The molecule has 0 unspecified atom stereocenters. The van der Waals surface area contributed by atoms with Crippen LogP contribution < -0.4 is 5.73 Å². The van der Waals surface area contributed by atoms with E-state index in [0.29, 0.717) is 11.4 Å². The lowest BCUT2D eigenvalue weighted by atomic mass is 10.2. The minimum atomic E-state index is -0.564. The van der Waals surface area contributed by atoms with Crippen molar-refractivity contribution in [3.05, 3.63) is 41.8 Å². The Morgan fingerprint density at radius 1 is 1.37 bits per heavy atom. The van der Waals surface area contributed by atoms with E-state index >= 15 is 0 Å². The lowest BCUT2D eigenvalue weighted by Crippen LogP contribution is -2.10. The molecule has 2 rings (SSSR count). The summed E-state index contributed by atoms with van der Waals surface area (Å²) in [5.74, 6) is -0.552. The van der Waals surface area contributed by atoms with Crippen molar-refractivity contribution >= 4 is 11.8 Å². The maximum atomic E-state index is 12.8. The number of benzene rings is 1. The van der Waals surface area contributed by atoms with Crippen LogP contribution in [0.3, 0.4) is 0 Å². The molecular formula is C13H12FN3O2. The summed E-state index contributed by atoms with van der Waals surface area (Å²) in [5.41, 5.74) is 6.43. The number of halogens is 1. The zero-order chi connectivity index (χ0) is 13.8. The number of hydrogen-bond donors (Lipinski definition) is 1. The second-order valence-corrected chi connectivity index (χ2v) is 3.72. The molecular weight excluding hydrogens is 249 g/mol. The Kier molecular flexibility index (Phi) is 3.70. The first-order valence-corrected chi connectivity index (χ1v) is 5.67. The van der Waals surface area contributed by atoms with E-state index in [0.717, 1.165) is 0 Å². The molecule has 1 aromatic heterocycles. The van der Waals surface area contributed by atoms with Crippen LogP contribution in [-0.2, 0) is 4.74 Å². The van der Waals surface area contributed by atoms with E-state index < -0.39 is 5.97 Å². The van der Waals surface area contributed by atoms with Crippen LogP contribution >= 0.6 is 0 Å². The van der Waals surface area contributed by atoms with E-state index in [-0.39, 0.29) is 23.8 Å². The smallest absolute Gasteiger partial charge is 0.343 e. The third kappa shape index (κ3) is 2.85. The molecule has 0 radical (unpaired) electrons. The highest BCUT2D eigenvalue weighted by molar-refractivity contribution is 5.94. The summed E-state index contributed by atoms with van der Waals surface area (Å²) < 4.78 is 17.6. The zero-order valence-electron chi connectivity index (χ0n) is 10.3. The molecule has 0 fully saturated rings. The molecule has 0 atom stereocenters. The minimum absolute atomic E-state index is 0.0350. The number of carbonyl (C=O) groups is 1.